The van der Waals surface area contributed by atoms with Gasteiger partial charge in [-0.1, -0.05) is 0 Å². The molecule has 0 aliphatic heterocycles. The Labute approximate surface area is 105 Å². The first-order valence-electron chi connectivity index (χ1n) is 5.83. The maximum Gasteiger partial charge on any atom is 0.408 e. The third-order valence-electron chi connectivity index (χ3n) is 2.69. The lowest BCUT2D eigenvalue weighted by Crippen LogP contribution is -2.63. The number of aliphatic hydroxyl groups is 4. The zero-order chi connectivity index (χ0) is 14.1. The lowest BCUT2D eigenvalue weighted by molar-refractivity contribution is -0.127. The first-order valence-corrected chi connectivity index (χ1v) is 5.83. The van der Waals surface area contributed by atoms with Crippen LogP contribution in [-0.2, 0) is 4.74 Å². The van der Waals surface area contributed by atoms with Gasteiger partial charge in [0.05, 0.1) is 18.2 Å². The number of carbonyl (C=O) groups is 1. The van der Waals surface area contributed by atoms with Gasteiger partial charge in [0.2, 0.25) is 0 Å². The second kappa shape index (κ2) is 5.40. The minimum absolute atomic E-state index is 0.144. The summed E-state index contributed by atoms with van der Waals surface area (Å²) in [4.78, 5) is 11.5. The molecular weight excluding hydrogens is 242 g/mol. The fraction of sp³-hybridized carbons (Fsp3) is 0.909. The summed E-state index contributed by atoms with van der Waals surface area (Å²) in [5.74, 6) is 0. The van der Waals surface area contributed by atoms with Gasteiger partial charge in [0.1, 0.15) is 17.8 Å². The van der Waals surface area contributed by atoms with Crippen LogP contribution in [0.5, 0.6) is 0 Å². The Morgan fingerprint density at radius 1 is 1.11 bits per heavy atom. The molecule has 0 radical (unpaired) electrons. The minimum Gasteiger partial charge on any atom is -0.444 e. The molecule has 1 aliphatic carbocycles. The number of nitrogens with one attached hydrogen (secondary N) is 1. The third-order valence-corrected chi connectivity index (χ3v) is 2.69. The SMILES string of the molecule is CC(C)(C)OC(=O)NC1[C@@H](O)[C@@H](O)C[C@@H](O)[C@H]1O. The monoisotopic (exact) mass is 263 g/mol. The van der Waals surface area contributed by atoms with Crippen molar-refractivity contribution in [3.05, 3.63) is 0 Å². The van der Waals surface area contributed by atoms with E-state index >= 15 is 0 Å². The summed E-state index contributed by atoms with van der Waals surface area (Å²) in [5, 5.41) is 40.6. The van der Waals surface area contributed by atoms with Crippen LogP contribution in [-0.4, -0.2) is 62.6 Å². The highest BCUT2D eigenvalue weighted by molar-refractivity contribution is 5.68. The number of ether oxygens (including phenoxy) is 1. The smallest absolute Gasteiger partial charge is 0.408 e. The lowest BCUT2D eigenvalue weighted by Gasteiger charge is -2.39. The lowest BCUT2D eigenvalue weighted by atomic mass is 9.85. The summed E-state index contributed by atoms with van der Waals surface area (Å²) in [6.45, 7) is 5.01. The predicted molar refractivity (Wildman–Crippen MR) is 61.8 cm³/mol. The number of rotatable bonds is 1. The summed E-state index contributed by atoms with van der Waals surface area (Å²) in [6, 6.07) is -1.17. The van der Waals surface area contributed by atoms with E-state index < -0.39 is 42.2 Å². The van der Waals surface area contributed by atoms with Crippen molar-refractivity contribution in [2.75, 3.05) is 0 Å². The van der Waals surface area contributed by atoms with Gasteiger partial charge in [-0.3, -0.25) is 0 Å². The van der Waals surface area contributed by atoms with Crippen molar-refractivity contribution in [2.24, 2.45) is 0 Å². The van der Waals surface area contributed by atoms with Gasteiger partial charge in [-0.2, -0.15) is 0 Å². The third kappa shape index (κ3) is 3.81. The van der Waals surface area contributed by atoms with E-state index in [1.807, 2.05) is 0 Å². The van der Waals surface area contributed by atoms with Crippen molar-refractivity contribution in [1.82, 2.24) is 5.32 Å². The molecule has 0 saturated heterocycles. The van der Waals surface area contributed by atoms with E-state index in [-0.39, 0.29) is 6.42 Å². The normalized spacial score (nSPS) is 37.2. The first-order chi connectivity index (χ1) is 8.11. The minimum atomic E-state index is -1.35. The van der Waals surface area contributed by atoms with Crippen molar-refractivity contribution in [2.45, 2.75) is 63.3 Å². The molecular formula is C11H21NO6. The molecule has 1 amide bonds. The molecule has 0 bridgehead atoms. The molecule has 0 heterocycles. The highest BCUT2D eigenvalue weighted by Crippen LogP contribution is 2.21. The first kappa shape index (κ1) is 15.2. The number of hydrogen-bond acceptors (Lipinski definition) is 6. The van der Waals surface area contributed by atoms with E-state index in [2.05, 4.69) is 5.32 Å². The van der Waals surface area contributed by atoms with E-state index in [0.717, 1.165) is 0 Å². The van der Waals surface area contributed by atoms with Gasteiger partial charge in [-0.05, 0) is 20.8 Å². The molecule has 7 heteroatoms. The fourth-order valence-corrected chi connectivity index (χ4v) is 1.82. The Hall–Kier alpha value is -0.890. The zero-order valence-corrected chi connectivity index (χ0v) is 10.7. The topological polar surface area (TPSA) is 119 Å². The molecule has 1 fully saturated rings. The Morgan fingerprint density at radius 2 is 1.56 bits per heavy atom. The van der Waals surface area contributed by atoms with E-state index in [1.54, 1.807) is 20.8 Å². The average Bonchev–Trinajstić information content (AvgIpc) is 2.19. The molecule has 106 valence electrons. The van der Waals surface area contributed by atoms with Crippen LogP contribution in [0, 0.1) is 0 Å². The molecule has 5 atom stereocenters. The Bertz CT molecular complexity index is 288. The molecule has 1 rings (SSSR count). The molecule has 1 aliphatic rings. The highest BCUT2D eigenvalue weighted by Gasteiger charge is 2.43. The Morgan fingerprint density at radius 3 is 1.94 bits per heavy atom. The Kier molecular flexibility index (Phi) is 4.55. The van der Waals surface area contributed by atoms with E-state index in [9.17, 15) is 25.2 Å². The van der Waals surface area contributed by atoms with Gasteiger partial charge in [0.25, 0.3) is 0 Å². The summed E-state index contributed by atoms with van der Waals surface area (Å²) in [6.07, 6.45) is -6.08. The van der Waals surface area contributed by atoms with Crippen molar-refractivity contribution in [3.63, 3.8) is 0 Å². The van der Waals surface area contributed by atoms with Gasteiger partial charge in [0, 0.05) is 6.42 Å². The van der Waals surface area contributed by atoms with Gasteiger partial charge in [0.15, 0.2) is 0 Å². The molecule has 1 unspecified atom stereocenters. The average molecular weight is 263 g/mol. The van der Waals surface area contributed by atoms with Gasteiger partial charge >= 0.3 is 6.09 Å². The van der Waals surface area contributed by atoms with E-state index in [1.165, 1.54) is 0 Å². The number of alkyl carbamates (subject to hydrolysis) is 1. The molecule has 0 aromatic carbocycles. The van der Waals surface area contributed by atoms with Crippen LogP contribution < -0.4 is 5.32 Å². The van der Waals surface area contributed by atoms with Gasteiger partial charge in [-0.15, -0.1) is 0 Å². The van der Waals surface area contributed by atoms with Crippen molar-refractivity contribution >= 4 is 6.09 Å². The quantitative estimate of drug-likeness (QED) is 0.402. The number of aliphatic hydroxyl groups excluding tert-OH is 4. The molecule has 5 N–H and O–H groups in total. The van der Waals surface area contributed by atoms with Crippen LogP contribution >= 0.6 is 0 Å². The zero-order valence-electron chi connectivity index (χ0n) is 10.7. The number of amides is 1. The highest BCUT2D eigenvalue weighted by atomic mass is 16.6. The number of hydrogen-bond donors (Lipinski definition) is 5. The van der Waals surface area contributed by atoms with Crippen LogP contribution in [0.3, 0.4) is 0 Å². The second-order valence-electron chi connectivity index (χ2n) is 5.52. The standard InChI is InChI=1S/C11H21NO6/c1-11(2,3)18-10(17)12-7-8(15)5(13)4-6(14)9(7)16/h5-9,13-16H,4H2,1-3H3,(H,12,17)/t5-,6+,7?,8-,9+. The molecule has 1 saturated carbocycles. The largest absolute Gasteiger partial charge is 0.444 e. The predicted octanol–water partition coefficient (Wildman–Crippen LogP) is -1.27. The summed E-state index contributed by atoms with van der Waals surface area (Å²) < 4.78 is 4.97. The fourth-order valence-electron chi connectivity index (χ4n) is 1.82. The second-order valence-corrected chi connectivity index (χ2v) is 5.52. The maximum atomic E-state index is 11.5. The van der Waals surface area contributed by atoms with Crippen molar-refractivity contribution < 1.29 is 30.0 Å². The summed E-state index contributed by atoms with van der Waals surface area (Å²) in [7, 11) is 0. The van der Waals surface area contributed by atoms with Crippen molar-refractivity contribution in [3.8, 4) is 0 Å². The van der Waals surface area contributed by atoms with Gasteiger partial charge < -0.3 is 30.5 Å². The van der Waals surface area contributed by atoms with E-state index in [4.69, 9.17) is 4.74 Å². The van der Waals surface area contributed by atoms with Crippen molar-refractivity contribution in [1.29, 1.82) is 0 Å². The summed E-state index contributed by atoms with van der Waals surface area (Å²) in [5.41, 5.74) is -0.716. The van der Waals surface area contributed by atoms with E-state index in [0.29, 0.717) is 0 Å². The molecule has 0 aromatic rings. The van der Waals surface area contributed by atoms with Crippen LogP contribution in [0.1, 0.15) is 27.2 Å². The maximum absolute atomic E-state index is 11.5. The Balaban J connectivity index is 2.66. The van der Waals surface area contributed by atoms with Crippen LogP contribution in [0.15, 0.2) is 0 Å². The molecule has 7 nitrogen and oxygen atoms in total. The molecule has 18 heavy (non-hydrogen) atoms. The molecule has 0 spiro atoms. The molecule has 0 aromatic heterocycles. The van der Waals surface area contributed by atoms with Crippen LogP contribution in [0.25, 0.3) is 0 Å². The van der Waals surface area contributed by atoms with Crippen LogP contribution in [0.2, 0.25) is 0 Å². The van der Waals surface area contributed by atoms with Crippen LogP contribution in [0.4, 0.5) is 4.79 Å². The van der Waals surface area contributed by atoms with Gasteiger partial charge in [-0.25, -0.2) is 4.79 Å². The number of carbonyl (C=O) groups excluding carboxylic acids is 1. The summed E-state index contributed by atoms with van der Waals surface area (Å²) >= 11 is 0.